The number of ether oxygens (including phenoxy) is 1. The molecule has 27 heavy (non-hydrogen) atoms. The summed E-state index contributed by atoms with van der Waals surface area (Å²) >= 11 is 1.42. The van der Waals surface area contributed by atoms with Crippen LogP contribution in [-0.2, 0) is 4.79 Å². The third-order valence-corrected chi connectivity index (χ3v) is 5.85. The van der Waals surface area contributed by atoms with Crippen molar-refractivity contribution < 1.29 is 13.9 Å². The molecule has 2 aliphatic rings. The van der Waals surface area contributed by atoms with Crippen molar-refractivity contribution in [3.8, 4) is 17.2 Å². The van der Waals surface area contributed by atoms with Gasteiger partial charge in [-0.2, -0.15) is 4.99 Å². The Labute approximate surface area is 161 Å². The molecule has 1 atom stereocenters. The molecule has 142 valence electrons. The number of likely N-dealkylation sites (tertiary alicyclic amines) is 1. The van der Waals surface area contributed by atoms with E-state index in [1.807, 2.05) is 31.2 Å². The van der Waals surface area contributed by atoms with Gasteiger partial charge in [-0.3, -0.25) is 4.79 Å². The fourth-order valence-corrected chi connectivity index (χ4v) is 4.32. The lowest BCUT2D eigenvalue weighted by Crippen LogP contribution is -2.43. The minimum atomic E-state index is -0.554. The first kappa shape index (κ1) is 18.0. The minimum Gasteiger partial charge on any atom is -0.497 e. The average molecular weight is 387 g/mol. The van der Waals surface area contributed by atoms with Crippen molar-refractivity contribution in [2.24, 2.45) is 4.99 Å². The molecule has 0 bridgehead atoms. The number of amides is 1. The molecule has 2 aliphatic heterocycles. The molecule has 1 aromatic heterocycles. The number of hydrogen-bond donors (Lipinski definition) is 1. The Morgan fingerprint density at radius 2 is 2.04 bits per heavy atom. The summed E-state index contributed by atoms with van der Waals surface area (Å²) in [5.41, 5.74) is 0.775. The number of aliphatic imine (C=N–C) groups is 1. The van der Waals surface area contributed by atoms with Crippen LogP contribution in [0.5, 0.6) is 5.75 Å². The summed E-state index contributed by atoms with van der Waals surface area (Å²) in [6.07, 6.45) is 2.39. The Kier molecular flexibility index (Phi) is 4.88. The van der Waals surface area contributed by atoms with Crippen LogP contribution in [0.15, 0.2) is 33.7 Å². The smallest absolute Gasteiger partial charge is 0.345 e. The summed E-state index contributed by atoms with van der Waals surface area (Å²) in [7, 11) is 1.61. The molecule has 1 aromatic carbocycles. The highest BCUT2D eigenvalue weighted by molar-refractivity contribution is 8.16. The molecule has 2 saturated heterocycles. The molecule has 1 amide bonds. The zero-order chi connectivity index (χ0) is 18.9. The number of thioether (sulfide) groups is 1. The number of aromatic nitrogens is 2. The van der Waals surface area contributed by atoms with Gasteiger partial charge in [-0.1, -0.05) is 16.9 Å². The van der Waals surface area contributed by atoms with Crippen LogP contribution in [0.25, 0.3) is 11.5 Å². The van der Waals surface area contributed by atoms with E-state index in [0.717, 1.165) is 24.4 Å². The lowest BCUT2D eigenvalue weighted by atomic mass is 10.1. The Morgan fingerprint density at radius 1 is 1.30 bits per heavy atom. The molecule has 0 radical (unpaired) electrons. The highest BCUT2D eigenvalue weighted by atomic mass is 32.2. The Hall–Kier alpha value is -2.39. The highest BCUT2D eigenvalue weighted by Crippen LogP contribution is 2.34. The fraction of sp³-hybridized carbons (Fsp3) is 0.444. The number of methoxy groups -OCH3 is 1. The molecule has 1 N–H and O–H groups in total. The molecule has 3 heterocycles. The summed E-state index contributed by atoms with van der Waals surface area (Å²) in [6.45, 7) is 4.75. The summed E-state index contributed by atoms with van der Waals surface area (Å²) in [5, 5.41) is 11.3. The second-order valence-electron chi connectivity index (χ2n) is 6.81. The topological polar surface area (TPSA) is 92.8 Å². The number of carbonyl (C=O) groups excluding carboxylic acids is 1. The van der Waals surface area contributed by atoms with Crippen molar-refractivity contribution in [3.05, 3.63) is 24.3 Å². The SMILES string of the molecule is COc1ccc(-c2nnc(/N=C3\NC(=O)C(C)(CN4CCCC4)S3)o2)cc1. The largest absolute Gasteiger partial charge is 0.497 e. The van der Waals surface area contributed by atoms with Gasteiger partial charge in [-0.15, -0.1) is 5.10 Å². The normalized spacial score (nSPS) is 24.5. The van der Waals surface area contributed by atoms with E-state index in [9.17, 15) is 4.79 Å². The Morgan fingerprint density at radius 3 is 2.74 bits per heavy atom. The van der Waals surface area contributed by atoms with Crippen LogP contribution < -0.4 is 10.1 Å². The van der Waals surface area contributed by atoms with Gasteiger partial charge in [-0.25, -0.2) is 0 Å². The maximum absolute atomic E-state index is 12.5. The maximum Gasteiger partial charge on any atom is 0.345 e. The molecule has 0 saturated carbocycles. The standard InChI is InChI=1S/C18H21N5O3S/c1-18(11-23-9-3-4-10-23)15(24)19-17(27-18)20-16-22-21-14(26-16)12-5-7-13(25-2)8-6-12/h5-8H,3-4,9-11H2,1-2H3,(H,19,20,22,24). The van der Waals surface area contributed by atoms with Crippen LogP contribution in [0, 0.1) is 0 Å². The summed E-state index contributed by atoms with van der Waals surface area (Å²) in [6, 6.07) is 7.43. The van der Waals surface area contributed by atoms with E-state index >= 15 is 0 Å². The third kappa shape index (κ3) is 3.84. The molecular weight excluding hydrogens is 366 g/mol. The summed E-state index contributed by atoms with van der Waals surface area (Å²) in [4.78, 5) is 19.1. The first-order valence-electron chi connectivity index (χ1n) is 8.85. The minimum absolute atomic E-state index is 0.0342. The number of nitrogens with one attached hydrogen (secondary N) is 1. The molecule has 9 heteroatoms. The van der Waals surface area contributed by atoms with Crippen molar-refractivity contribution in [1.29, 1.82) is 0 Å². The summed E-state index contributed by atoms with van der Waals surface area (Å²) < 4.78 is 10.2. The van der Waals surface area contributed by atoms with Crippen molar-refractivity contribution in [1.82, 2.24) is 20.4 Å². The van der Waals surface area contributed by atoms with Gasteiger partial charge >= 0.3 is 6.01 Å². The zero-order valence-electron chi connectivity index (χ0n) is 15.3. The first-order valence-corrected chi connectivity index (χ1v) is 9.67. The number of benzene rings is 1. The van der Waals surface area contributed by atoms with Gasteiger partial charge < -0.3 is 19.4 Å². The molecule has 0 aliphatic carbocycles. The van der Waals surface area contributed by atoms with Crippen LogP contribution in [0.1, 0.15) is 19.8 Å². The molecule has 8 nitrogen and oxygen atoms in total. The van der Waals surface area contributed by atoms with Crippen LogP contribution >= 0.6 is 11.8 Å². The van der Waals surface area contributed by atoms with Gasteiger partial charge in [0.05, 0.1) is 7.11 Å². The van der Waals surface area contributed by atoms with Crippen molar-refractivity contribution in [2.45, 2.75) is 24.5 Å². The first-order chi connectivity index (χ1) is 13.1. The van der Waals surface area contributed by atoms with Gasteiger partial charge in [0, 0.05) is 12.1 Å². The van der Waals surface area contributed by atoms with Gasteiger partial charge in [0.1, 0.15) is 10.5 Å². The maximum atomic E-state index is 12.5. The van der Waals surface area contributed by atoms with Crippen molar-refractivity contribution in [3.63, 3.8) is 0 Å². The summed E-state index contributed by atoms with van der Waals surface area (Å²) in [5.74, 6) is 1.08. The highest BCUT2D eigenvalue weighted by Gasteiger charge is 2.44. The van der Waals surface area contributed by atoms with Crippen molar-refractivity contribution >= 4 is 28.9 Å². The molecule has 2 aromatic rings. The van der Waals surface area contributed by atoms with Crippen molar-refractivity contribution in [2.75, 3.05) is 26.7 Å². The van der Waals surface area contributed by atoms with E-state index in [4.69, 9.17) is 9.15 Å². The number of hydrogen-bond acceptors (Lipinski definition) is 8. The van der Waals surface area contributed by atoms with E-state index in [1.54, 1.807) is 7.11 Å². The molecule has 1 unspecified atom stereocenters. The molecule has 2 fully saturated rings. The van der Waals surface area contributed by atoms with Gasteiger partial charge in [0.2, 0.25) is 11.8 Å². The third-order valence-electron chi connectivity index (χ3n) is 4.70. The Balaban J connectivity index is 1.47. The zero-order valence-corrected chi connectivity index (χ0v) is 16.1. The van der Waals surface area contributed by atoms with Gasteiger partial charge in [-0.05, 0) is 57.1 Å². The second-order valence-corrected chi connectivity index (χ2v) is 8.30. The van der Waals surface area contributed by atoms with E-state index in [2.05, 4.69) is 25.4 Å². The quantitative estimate of drug-likeness (QED) is 0.842. The average Bonchev–Trinajstić information content (AvgIpc) is 3.38. The number of rotatable bonds is 5. The number of amidine groups is 1. The van der Waals surface area contributed by atoms with Gasteiger partial charge in [0.25, 0.3) is 0 Å². The van der Waals surface area contributed by atoms with Crippen LogP contribution in [-0.4, -0.2) is 57.7 Å². The number of nitrogens with zero attached hydrogens (tertiary/aromatic N) is 4. The number of carbonyl (C=O) groups is 1. The Bertz CT molecular complexity index is 860. The second kappa shape index (κ2) is 7.32. The monoisotopic (exact) mass is 387 g/mol. The van der Waals surface area contributed by atoms with E-state index in [-0.39, 0.29) is 11.9 Å². The fourth-order valence-electron chi connectivity index (χ4n) is 3.23. The molecule has 0 spiro atoms. The van der Waals surface area contributed by atoms with Crippen LogP contribution in [0.4, 0.5) is 6.01 Å². The van der Waals surface area contributed by atoms with Crippen LogP contribution in [0.3, 0.4) is 0 Å². The molecule has 4 rings (SSSR count). The van der Waals surface area contributed by atoms with E-state index in [0.29, 0.717) is 17.6 Å². The lowest BCUT2D eigenvalue weighted by molar-refractivity contribution is -0.121. The van der Waals surface area contributed by atoms with Gasteiger partial charge in [0.15, 0.2) is 5.17 Å². The molecular formula is C18H21N5O3S. The lowest BCUT2D eigenvalue weighted by Gasteiger charge is -2.25. The van der Waals surface area contributed by atoms with Crippen LogP contribution in [0.2, 0.25) is 0 Å². The van der Waals surface area contributed by atoms with E-state index in [1.165, 1.54) is 24.6 Å². The predicted molar refractivity (Wildman–Crippen MR) is 103 cm³/mol. The predicted octanol–water partition coefficient (Wildman–Crippen LogP) is 2.45. The van der Waals surface area contributed by atoms with E-state index < -0.39 is 4.75 Å².